The minimum atomic E-state index is -0.646. The lowest BCUT2D eigenvalue weighted by Crippen LogP contribution is -2.53. The number of carbonyl (C=O) groups excluding carboxylic acids is 3. The highest BCUT2D eigenvalue weighted by Crippen LogP contribution is 2.67. The summed E-state index contributed by atoms with van der Waals surface area (Å²) in [5, 5.41) is 15.0. The van der Waals surface area contributed by atoms with Crippen molar-refractivity contribution in [3.05, 3.63) is 29.3 Å². The van der Waals surface area contributed by atoms with Gasteiger partial charge in [0.05, 0.1) is 16.6 Å². The molecule has 180 valence electrons. The van der Waals surface area contributed by atoms with E-state index in [1.54, 1.807) is 23.7 Å². The molecule has 1 spiro atoms. The average molecular weight is 539 g/mol. The molecule has 3 amide bonds. The molecule has 1 aromatic carbocycles. The number of fused-ring (bicyclic) bond motifs is 1. The number of hydrogen-bond donors (Lipinski definition) is 3. The van der Waals surface area contributed by atoms with Crippen LogP contribution in [0.15, 0.2) is 18.2 Å². The maximum atomic E-state index is 13.9. The quantitative estimate of drug-likeness (QED) is 0.349. The Morgan fingerprint density at radius 1 is 1.21 bits per heavy atom. The molecule has 6 atom stereocenters. The van der Waals surface area contributed by atoms with Gasteiger partial charge in [0, 0.05) is 36.0 Å². The van der Waals surface area contributed by atoms with Crippen LogP contribution in [0.3, 0.4) is 0 Å². The largest absolute Gasteiger partial charge is 0.396 e. The van der Waals surface area contributed by atoms with Gasteiger partial charge in [-0.25, -0.2) is 0 Å². The Morgan fingerprint density at radius 2 is 1.91 bits per heavy atom. The van der Waals surface area contributed by atoms with Crippen molar-refractivity contribution in [3.63, 3.8) is 0 Å². The Kier molecular flexibility index (Phi) is 7.13. The van der Waals surface area contributed by atoms with Gasteiger partial charge in [-0.05, 0) is 50.7 Å². The number of unbranched alkanes of at least 4 members (excludes halogenated alkanes) is 2. The third-order valence-corrected chi connectivity index (χ3v) is 10.6. The summed E-state index contributed by atoms with van der Waals surface area (Å²) in [5.41, 5.74) is 2.73. The summed E-state index contributed by atoms with van der Waals surface area (Å²) in [4.78, 5) is 42.3. The molecule has 7 nitrogen and oxygen atoms in total. The van der Waals surface area contributed by atoms with Crippen LogP contribution in [0.4, 0.5) is 5.69 Å². The number of alkyl halides is 1. The van der Waals surface area contributed by atoms with E-state index >= 15 is 0 Å². The molecule has 3 aliphatic heterocycles. The van der Waals surface area contributed by atoms with Crippen LogP contribution in [0.25, 0.3) is 0 Å². The normalized spacial score (nSPS) is 32.2. The molecule has 0 aromatic heterocycles. The first-order chi connectivity index (χ1) is 15.8. The molecule has 3 fully saturated rings. The molecule has 3 unspecified atom stereocenters. The Hall–Kier alpha value is -1.58. The van der Waals surface area contributed by atoms with E-state index in [0.717, 1.165) is 23.2 Å². The van der Waals surface area contributed by atoms with Crippen molar-refractivity contribution in [1.29, 1.82) is 0 Å². The molecule has 9 heteroatoms. The van der Waals surface area contributed by atoms with Crippen LogP contribution in [-0.2, 0) is 14.4 Å². The fourth-order valence-electron chi connectivity index (χ4n) is 5.91. The van der Waals surface area contributed by atoms with Gasteiger partial charge < -0.3 is 20.6 Å². The number of thioether (sulfide) groups is 1. The van der Waals surface area contributed by atoms with Crippen molar-refractivity contribution in [2.45, 2.75) is 60.4 Å². The molecule has 3 N–H and O–H groups in total. The number of likely N-dealkylation sites (tertiary alicyclic amines) is 1. The fourth-order valence-corrected chi connectivity index (χ4v) is 9.52. The fraction of sp³-hybridized carbons (Fsp3) is 0.625. The van der Waals surface area contributed by atoms with Crippen molar-refractivity contribution >= 4 is 51.1 Å². The van der Waals surface area contributed by atoms with Crippen LogP contribution >= 0.6 is 27.7 Å². The lowest BCUT2D eigenvalue weighted by atomic mass is 9.70. The predicted octanol–water partition coefficient (Wildman–Crippen LogP) is 2.62. The Bertz CT molecular complexity index is 939. The second-order valence-electron chi connectivity index (χ2n) is 9.35. The average Bonchev–Trinajstić information content (AvgIpc) is 3.37. The number of amides is 3. The van der Waals surface area contributed by atoms with Crippen LogP contribution in [-0.4, -0.2) is 68.8 Å². The van der Waals surface area contributed by atoms with E-state index in [1.165, 1.54) is 0 Å². The number of anilines is 1. The number of para-hydroxylation sites is 1. The Morgan fingerprint density at radius 3 is 2.55 bits per heavy atom. The van der Waals surface area contributed by atoms with E-state index in [0.29, 0.717) is 25.8 Å². The van der Waals surface area contributed by atoms with Crippen LogP contribution in [0, 0.1) is 25.7 Å². The summed E-state index contributed by atoms with van der Waals surface area (Å²) in [6, 6.07) is 5.23. The first kappa shape index (κ1) is 24.5. The standard InChI is InChI=1S/C24H32BrN3O4S/c1-13-8-7-9-14(2)18(13)27-22(31)20-24-12-15(25)19(33-24)16(21(30)26-3)17(24)23(32)28(20)10-5-4-6-11-29/h7-9,15-17,19-20,29H,4-6,10-12H2,1-3H3,(H,26,30)(H,27,31)/t15?,16-,17-,19-,20?,24?/m0/s1. The summed E-state index contributed by atoms with van der Waals surface area (Å²) in [5.74, 6) is -1.37. The van der Waals surface area contributed by atoms with Gasteiger partial charge in [0.2, 0.25) is 17.7 Å². The predicted molar refractivity (Wildman–Crippen MR) is 133 cm³/mol. The maximum absolute atomic E-state index is 13.9. The second-order valence-corrected chi connectivity index (χ2v) is 12.1. The van der Waals surface area contributed by atoms with Crippen LogP contribution in [0.1, 0.15) is 36.8 Å². The SMILES string of the molecule is CNC(=O)[C@H]1[C@H]2C(=O)N(CCCCCO)C(C(=O)Nc3c(C)cccc3C)C23CC(Br)[C@@H]1S3. The zero-order valence-corrected chi connectivity index (χ0v) is 21.7. The van der Waals surface area contributed by atoms with Gasteiger partial charge in [-0.2, -0.15) is 0 Å². The Balaban J connectivity index is 1.70. The van der Waals surface area contributed by atoms with E-state index in [9.17, 15) is 14.4 Å². The highest BCUT2D eigenvalue weighted by atomic mass is 79.9. The number of hydrogen-bond acceptors (Lipinski definition) is 5. The number of aliphatic hydroxyl groups excluding tert-OH is 1. The summed E-state index contributed by atoms with van der Waals surface area (Å²) in [6.45, 7) is 4.48. The Labute approximate surface area is 207 Å². The summed E-state index contributed by atoms with van der Waals surface area (Å²) in [7, 11) is 1.60. The van der Waals surface area contributed by atoms with Crippen LogP contribution in [0.5, 0.6) is 0 Å². The molecule has 3 saturated heterocycles. The van der Waals surface area contributed by atoms with Gasteiger partial charge in [-0.3, -0.25) is 14.4 Å². The lowest BCUT2D eigenvalue weighted by Gasteiger charge is -2.35. The summed E-state index contributed by atoms with van der Waals surface area (Å²) < 4.78 is -0.634. The molecule has 0 saturated carbocycles. The van der Waals surface area contributed by atoms with Gasteiger partial charge in [-0.1, -0.05) is 34.1 Å². The highest BCUT2D eigenvalue weighted by Gasteiger charge is 2.75. The number of aliphatic hydroxyl groups is 1. The number of carbonyl (C=O) groups is 3. The van der Waals surface area contributed by atoms with Crippen molar-refractivity contribution in [2.24, 2.45) is 11.8 Å². The van der Waals surface area contributed by atoms with Gasteiger partial charge in [0.25, 0.3) is 0 Å². The van der Waals surface area contributed by atoms with Crippen molar-refractivity contribution < 1.29 is 19.5 Å². The van der Waals surface area contributed by atoms with Crippen LogP contribution < -0.4 is 10.6 Å². The molecule has 0 radical (unpaired) electrons. The second kappa shape index (κ2) is 9.58. The van der Waals surface area contributed by atoms with Crippen molar-refractivity contribution in [2.75, 3.05) is 25.5 Å². The summed E-state index contributed by atoms with van der Waals surface area (Å²) >= 11 is 5.40. The summed E-state index contributed by atoms with van der Waals surface area (Å²) in [6.07, 6.45) is 2.82. The zero-order chi connectivity index (χ0) is 23.9. The molecule has 33 heavy (non-hydrogen) atoms. The highest BCUT2D eigenvalue weighted by molar-refractivity contribution is 9.09. The van der Waals surface area contributed by atoms with Gasteiger partial charge in [-0.15, -0.1) is 11.8 Å². The molecule has 0 aliphatic carbocycles. The number of nitrogens with one attached hydrogen (secondary N) is 2. The zero-order valence-electron chi connectivity index (χ0n) is 19.3. The topological polar surface area (TPSA) is 98.7 Å². The van der Waals surface area contributed by atoms with Crippen molar-refractivity contribution in [3.8, 4) is 0 Å². The molecule has 2 bridgehead atoms. The number of halogens is 1. The maximum Gasteiger partial charge on any atom is 0.248 e. The van der Waals surface area contributed by atoms with E-state index in [1.807, 2.05) is 32.0 Å². The molecular formula is C24H32BrN3O4S. The van der Waals surface area contributed by atoms with Crippen LogP contribution in [0.2, 0.25) is 0 Å². The van der Waals surface area contributed by atoms with Gasteiger partial charge >= 0.3 is 0 Å². The van der Waals surface area contributed by atoms with Gasteiger partial charge in [0.1, 0.15) is 6.04 Å². The van der Waals surface area contributed by atoms with E-state index in [-0.39, 0.29) is 34.4 Å². The van der Waals surface area contributed by atoms with Gasteiger partial charge in [0.15, 0.2) is 0 Å². The monoisotopic (exact) mass is 537 g/mol. The van der Waals surface area contributed by atoms with E-state index in [4.69, 9.17) is 5.11 Å². The van der Waals surface area contributed by atoms with Crippen molar-refractivity contribution in [1.82, 2.24) is 10.2 Å². The molecule has 1 aromatic rings. The first-order valence-electron chi connectivity index (χ1n) is 11.6. The smallest absolute Gasteiger partial charge is 0.248 e. The third kappa shape index (κ3) is 4.00. The number of benzene rings is 1. The molecule has 3 heterocycles. The molecular weight excluding hydrogens is 506 g/mol. The molecule has 4 rings (SSSR count). The molecule has 3 aliphatic rings. The number of aryl methyl sites for hydroxylation is 2. The third-order valence-electron chi connectivity index (χ3n) is 7.37. The van der Waals surface area contributed by atoms with E-state index < -0.39 is 22.6 Å². The number of rotatable bonds is 8. The van der Waals surface area contributed by atoms with E-state index in [2.05, 4.69) is 26.6 Å². The number of nitrogens with zero attached hydrogens (tertiary/aromatic N) is 1. The first-order valence-corrected chi connectivity index (χ1v) is 13.4. The minimum absolute atomic E-state index is 0.0362. The minimum Gasteiger partial charge on any atom is -0.396 e. The lowest BCUT2D eigenvalue weighted by molar-refractivity contribution is -0.139.